The Hall–Kier alpha value is -2.58. The first kappa shape index (κ1) is 17.5. The first-order valence-electron chi connectivity index (χ1n) is 9.94. The zero-order chi connectivity index (χ0) is 19.1. The first-order chi connectivity index (χ1) is 13.7. The van der Waals surface area contributed by atoms with Gasteiger partial charge in [0, 0.05) is 27.5 Å². The van der Waals surface area contributed by atoms with Crippen molar-refractivity contribution in [2.45, 2.75) is 36.3 Å². The van der Waals surface area contributed by atoms with E-state index in [1.807, 2.05) is 11.8 Å². The van der Waals surface area contributed by atoms with Gasteiger partial charge in [0.2, 0.25) is 0 Å². The van der Waals surface area contributed by atoms with Crippen molar-refractivity contribution in [3.8, 4) is 11.1 Å². The molecule has 1 unspecified atom stereocenters. The van der Waals surface area contributed by atoms with Gasteiger partial charge in [-0.05, 0) is 28.7 Å². The monoisotopic (exact) mass is 381 g/mol. The third-order valence-electron chi connectivity index (χ3n) is 5.59. The third-order valence-corrected chi connectivity index (χ3v) is 6.99. The van der Waals surface area contributed by atoms with E-state index in [0.717, 1.165) is 11.9 Å². The Balaban J connectivity index is 1.61. The molecule has 28 heavy (non-hydrogen) atoms. The SMILES string of the molecule is CC(C)c1ccc(C2Cc3nc4ccccc4c(-c4ccccc4)c3S2)cc1. The molecule has 0 fully saturated rings. The lowest BCUT2D eigenvalue weighted by molar-refractivity contribution is 0.860. The van der Waals surface area contributed by atoms with E-state index < -0.39 is 0 Å². The molecule has 2 heteroatoms. The largest absolute Gasteiger partial charge is 0.252 e. The molecular weight excluding hydrogens is 358 g/mol. The Morgan fingerprint density at radius 2 is 1.57 bits per heavy atom. The fraction of sp³-hybridized carbons (Fsp3) is 0.192. The van der Waals surface area contributed by atoms with Crippen molar-refractivity contribution >= 4 is 22.7 Å². The molecule has 1 nitrogen and oxygen atoms in total. The van der Waals surface area contributed by atoms with Crippen LogP contribution < -0.4 is 0 Å². The van der Waals surface area contributed by atoms with Gasteiger partial charge >= 0.3 is 0 Å². The number of nitrogens with zero attached hydrogens (tertiary/aromatic N) is 1. The minimum absolute atomic E-state index is 0.433. The predicted octanol–water partition coefficient (Wildman–Crippen LogP) is 7.41. The molecule has 0 spiro atoms. The molecule has 1 aliphatic heterocycles. The summed E-state index contributed by atoms with van der Waals surface area (Å²) in [5.41, 5.74) is 7.75. The second kappa shape index (κ2) is 7.10. The van der Waals surface area contributed by atoms with Gasteiger partial charge in [-0.3, -0.25) is 4.98 Å². The van der Waals surface area contributed by atoms with Gasteiger partial charge in [0.25, 0.3) is 0 Å². The van der Waals surface area contributed by atoms with E-state index in [9.17, 15) is 0 Å². The maximum Gasteiger partial charge on any atom is 0.0712 e. The van der Waals surface area contributed by atoms with E-state index in [0.29, 0.717) is 11.2 Å². The molecule has 0 saturated carbocycles. The van der Waals surface area contributed by atoms with Gasteiger partial charge in [0.05, 0.1) is 11.2 Å². The van der Waals surface area contributed by atoms with Crippen molar-refractivity contribution in [1.29, 1.82) is 0 Å². The van der Waals surface area contributed by atoms with Crippen LogP contribution in [-0.2, 0) is 6.42 Å². The Morgan fingerprint density at radius 3 is 2.32 bits per heavy atom. The molecular formula is C26H23NS. The van der Waals surface area contributed by atoms with Crippen LogP contribution in [0.3, 0.4) is 0 Å². The average molecular weight is 382 g/mol. The number of hydrogen-bond acceptors (Lipinski definition) is 2. The number of thioether (sulfide) groups is 1. The second-order valence-electron chi connectivity index (χ2n) is 7.78. The summed E-state index contributed by atoms with van der Waals surface area (Å²) in [6.45, 7) is 4.49. The lowest BCUT2D eigenvalue weighted by Crippen LogP contribution is -1.96. The zero-order valence-corrected chi connectivity index (χ0v) is 17.0. The molecule has 0 N–H and O–H groups in total. The van der Waals surface area contributed by atoms with Crippen LogP contribution in [0.15, 0.2) is 83.8 Å². The Morgan fingerprint density at radius 1 is 0.857 bits per heavy atom. The summed E-state index contributed by atoms with van der Waals surface area (Å²) >= 11 is 1.98. The van der Waals surface area contributed by atoms with Crippen LogP contribution in [0.4, 0.5) is 0 Å². The second-order valence-corrected chi connectivity index (χ2v) is 8.99. The first-order valence-corrected chi connectivity index (χ1v) is 10.8. The molecule has 0 aliphatic carbocycles. The van der Waals surface area contributed by atoms with E-state index in [1.165, 1.54) is 38.2 Å². The number of benzene rings is 3. The Bertz CT molecular complexity index is 1130. The molecule has 1 atom stereocenters. The van der Waals surface area contributed by atoms with Crippen molar-refractivity contribution in [3.05, 3.63) is 95.7 Å². The fourth-order valence-corrected chi connectivity index (χ4v) is 5.47. The summed E-state index contributed by atoms with van der Waals surface area (Å²) in [7, 11) is 0. The van der Waals surface area contributed by atoms with Crippen molar-refractivity contribution < 1.29 is 0 Å². The molecule has 0 bridgehead atoms. The summed E-state index contributed by atoms with van der Waals surface area (Å²) in [6, 6.07) is 28.5. The number of para-hydroxylation sites is 1. The minimum Gasteiger partial charge on any atom is -0.252 e. The highest BCUT2D eigenvalue weighted by Gasteiger charge is 2.29. The molecule has 1 aliphatic rings. The smallest absolute Gasteiger partial charge is 0.0712 e. The predicted molar refractivity (Wildman–Crippen MR) is 120 cm³/mol. The van der Waals surface area contributed by atoms with Gasteiger partial charge in [-0.15, -0.1) is 11.8 Å². The van der Waals surface area contributed by atoms with Crippen LogP contribution in [0.1, 0.15) is 41.8 Å². The van der Waals surface area contributed by atoms with Crippen LogP contribution in [-0.4, -0.2) is 4.98 Å². The highest BCUT2D eigenvalue weighted by molar-refractivity contribution is 8.00. The van der Waals surface area contributed by atoms with Crippen molar-refractivity contribution in [3.63, 3.8) is 0 Å². The molecule has 5 rings (SSSR count). The zero-order valence-electron chi connectivity index (χ0n) is 16.2. The minimum atomic E-state index is 0.433. The van der Waals surface area contributed by atoms with Gasteiger partial charge in [-0.25, -0.2) is 0 Å². The van der Waals surface area contributed by atoms with Crippen LogP contribution in [0.25, 0.3) is 22.0 Å². The van der Waals surface area contributed by atoms with E-state index in [1.54, 1.807) is 0 Å². The third kappa shape index (κ3) is 3.02. The van der Waals surface area contributed by atoms with E-state index in [2.05, 4.69) is 92.7 Å². The number of pyridine rings is 1. The normalized spacial score (nSPS) is 15.9. The summed E-state index contributed by atoms with van der Waals surface area (Å²) in [5, 5.41) is 1.68. The van der Waals surface area contributed by atoms with Gasteiger partial charge in [-0.2, -0.15) is 0 Å². The standard InChI is InChI=1S/C26H23NS/c1-17(2)18-12-14-19(15-13-18)24-16-23-26(28-24)25(20-8-4-3-5-9-20)21-10-6-7-11-22(21)27-23/h3-15,17,24H,16H2,1-2H3. The molecule has 138 valence electrons. The highest BCUT2D eigenvalue weighted by atomic mass is 32.2. The summed E-state index contributed by atoms with van der Waals surface area (Å²) in [5.74, 6) is 0.569. The maximum absolute atomic E-state index is 5.04. The summed E-state index contributed by atoms with van der Waals surface area (Å²) in [4.78, 5) is 6.39. The van der Waals surface area contributed by atoms with Gasteiger partial charge in [-0.1, -0.05) is 86.6 Å². The molecule has 0 radical (unpaired) electrons. The van der Waals surface area contributed by atoms with Crippen LogP contribution in [0.5, 0.6) is 0 Å². The molecule has 0 amide bonds. The molecule has 4 aromatic rings. The number of hydrogen-bond donors (Lipinski definition) is 0. The topological polar surface area (TPSA) is 12.9 Å². The lowest BCUT2D eigenvalue weighted by atomic mass is 9.97. The van der Waals surface area contributed by atoms with Crippen molar-refractivity contribution in [2.75, 3.05) is 0 Å². The lowest BCUT2D eigenvalue weighted by Gasteiger charge is -2.13. The maximum atomic E-state index is 5.04. The number of fused-ring (bicyclic) bond motifs is 2. The Kier molecular flexibility index (Phi) is 4.44. The fourth-order valence-electron chi connectivity index (χ4n) is 4.04. The molecule has 3 aromatic carbocycles. The highest BCUT2D eigenvalue weighted by Crippen LogP contribution is 2.51. The van der Waals surface area contributed by atoms with Gasteiger partial charge in [0.15, 0.2) is 0 Å². The van der Waals surface area contributed by atoms with E-state index >= 15 is 0 Å². The van der Waals surface area contributed by atoms with Crippen molar-refractivity contribution in [1.82, 2.24) is 4.98 Å². The van der Waals surface area contributed by atoms with Crippen molar-refractivity contribution in [2.24, 2.45) is 0 Å². The van der Waals surface area contributed by atoms with E-state index in [4.69, 9.17) is 4.98 Å². The quantitative estimate of drug-likeness (QED) is 0.366. The average Bonchev–Trinajstić information content (AvgIpc) is 3.16. The van der Waals surface area contributed by atoms with E-state index in [-0.39, 0.29) is 0 Å². The van der Waals surface area contributed by atoms with Gasteiger partial charge < -0.3 is 0 Å². The van der Waals surface area contributed by atoms with Crippen LogP contribution in [0, 0.1) is 0 Å². The van der Waals surface area contributed by atoms with Crippen LogP contribution in [0.2, 0.25) is 0 Å². The molecule has 0 saturated heterocycles. The summed E-state index contributed by atoms with van der Waals surface area (Å²) in [6.07, 6.45) is 0.992. The number of rotatable bonds is 3. The molecule has 1 aromatic heterocycles. The Labute approximate surface area is 170 Å². The van der Waals surface area contributed by atoms with Gasteiger partial charge in [0.1, 0.15) is 0 Å². The molecule has 2 heterocycles. The summed E-state index contributed by atoms with van der Waals surface area (Å²) < 4.78 is 0. The number of aromatic nitrogens is 1. The van der Waals surface area contributed by atoms with Crippen LogP contribution >= 0.6 is 11.8 Å².